The van der Waals surface area contributed by atoms with Gasteiger partial charge in [-0.25, -0.2) is 0 Å². The second-order valence-corrected chi connectivity index (χ2v) is 6.07. The normalized spacial score (nSPS) is 18.5. The topological polar surface area (TPSA) is 21.3 Å². The molecule has 0 amide bonds. The van der Waals surface area contributed by atoms with Gasteiger partial charge in [0.2, 0.25) is 0 Å². The zero-order valence-corrected chi connectivity index (χ0v) is 12.6. The number of benzene rings is 1. The molecule has 1 aromatic rings. The Hall–Kier alpha value is -0.860. The molecule has 0 aliphatic carbocycles. The molecule has 19 heavy (non-hydrogen) atoms. The van der Waals surface area contributed by atoms with Crippen LogP contribution in [0.5, 0.6) is 0 Å². The van der Waals surface area contributed by atoms with Crippen LogP contribution in [0.15, 0.2) is 18.2 Å². The molecule has 106 valence electrons. The fourth-order valence-electron chi connectivity index (χ4n) is 3.21. The third kappa shape index (κ3) is 4.05. The summed E-state index contributed by atoms with van der Waals surface area (Å²) < 4.78 is 5.56. The van der Waals surface area contributed by atoms with Crippen molar-refractivity contribution in [3.8, 4) is 0 Å². The maximum absolute atomic E-state index is 5.56. The van der Waals surface area contributed by atoms with Crippen LogP contribution in [-0.2, 0) is 11.2 Å². The van der Waals surface area contributed by atoms with Gasteiger partial charge in [-0.2, -0.15) is 0 Å². The summed E-state index contributed by atoms with van der Waals surface area (Å²) in [6.07, 6.45) is 3.52. The van der Waals surface area contributed by atoms with Crippen molar-refractivity contribution in [2.75, 3.05) is 26.3 Å². The minimum absolute atomic E-state index is 0.383. The van der Waals surface area contributed by atoms with E-state index in [0.29, 0.717) is 5.41 Å². The van der Waals surface area contributed by atoms with E-state index >= 15 is 0 Å². The highest BCUT2D eigenvalue weighted by Crippen LogP contribution is 2.34. The van der Waals surface area contributed by atoms with Crippen LogP contribution < -0.4 is 5.32 Å². The smallest absolute Gasteiger partial charge is 0.0471 e. The van der Waals surface area contributed by atoms with Gasteiger partial charge in [-0.1, -0.05) is 36.2 Å². The monoisotopic (exact) mass is 261 g/mol. The highest BCUT2D eigenvalue weighted by Gasteiger charge is 2.32. The van der Waals surface area contributed by atoms with E-state index < -0.39 is 0 Å². The maximum atomic E-state index is 5.56. The molecule has 1 aliphatic heterocycles. The van der Waals surface area contributed by atoms with Crippen LogP contribution in [0, 0.1) is 19.3 Å². The first-order valence-corrected chi connectivity index (χ1v) is 7.49. The molecule has 1 saturated heterocycles. The van der Waals surface area contributed by atoms with Gasteiger partial charge in [0, 0.05) is 19.8 Å². The molecule has 2 rings (SSSR count). The van der Waals surface area contributed by atoms with Gasteiger partial charge in [0.05, 0.1) is 0 Å². The summed E-state index contributed by atoms with van der Waals surface area (Å²) in [5.74, 6) is 0. The van der Waals surface area contributed by atoms with E-state index in [9.17, 15) is 0 Å². The van der Waals surface area contributed by atoms with Gasteiger partial charge < -0.3 is 10.1 Å². The van der Waals surface area contributed by atoms with Crippen molar-refractivity contribution >= 4 is 0 Å². The van der Waals surface area contributed by atoms with Gasteiger partial charge in [0.15, 0.2) is 0 Å². The molecule has 1 fully saturated rings. The molecule has 1 aliphatic rings. The van der Waals surface area contributed by atoms with Gasteiger partial charge in [0.1, 0.15) is 0 Å². The third-order valence-electron chi connectivity index (χ3n) is 4.16. The van der Waals surface area contributed by atoms with Crippen molar-refractivity contribution in [1.29, 1.82) is 0 Å². The molecule has 0 saturated carbocycles. The maximum Gasteiger partial charge on any atom is 0.0471 e. The van der Waals surface area contributed by atoms with Crippen molar-refractivity contribution in [3.63, 3.8) is 0 Å². The summed E-state index contributed by atoms with van der Waals surface area (Å²) in [6, 6.07) is 6.94. The zero-order chi connectivity index (χ0) is 13.7. The minimum Gasteiger partial charge on any atom is -0.381 e. The fourth-order valence-corrected chi connectivity index (χ4v) is 3.21. The lowest BCUT2D eigenvalue weighted by atomic mass is 9.75. The quantitative estimate of drug-likeness (QED) is 0.878. The Balaban J connectivity index is 2.14. The van der Waals surface area contributed by atoms with E-state index in [1.165, 1.54) is 36.0 Å². The number of rotatable bonds is 5. The van der Waals surface area contributed by atoms with Crippen LogP contribution in [0.2, 0.25) is 0 Å². The zero-order valence-electron chi connectivity index (χ0n) is 12.6. The predicted molar refractivity (Wildman–Crippen MR) is 80.6 cm³/mol. The molecule has 1 heterocycles. The van der Waals surface area contributed by atoms with Gasteiger partial charge in [0.25, 0.3) is 0 Å². The average molecular weight is 261 g/mol. The van der Waals surface area contributed by atoms with Gasteiger partial charge in [-0.15, -0.1) is 0 Å². The molecule has 0 aromatic heterocycles. The van der Waals surface area contributed by atoms with E-state index in [1.807, 2.05) is 0 Å². The Kier molecular flexibility index (Phi) is 5.00. The van der Waals surface area contributed by atoms with Crippen LogP contribution in [0.1, 0.15) is 36.5 Å². The Morgan fingerprint density at radius 3 is 2.32 bits per heavy atom. The third-order valence-corrected chi connectivity index (χ3v) is 4.16. The van der Waals surface area contributed by atoms with Gasteiger partial charge in [-0.05, 0) is 50.6 Å². The van der Waals surface area contributed by atoms with Crippen LogP contribution in [0.4, 0.5) is 0 Å². The molecule has 0 atom stereocenters. The lowest BCUT2D eigenvalue weighted by molar-refractivity contribution is 0.0152. The first-order chi connectivity index (χ1) is 9.13. The van der Waals surface area contributed by atoms with Crippen molar-refractivity contribution in [3.05, 3.63) is 34.9 Å². The molecule has 0 unspecified atom stereocenters. The molecule has 2 heteroatoms. The van der Waals surface area contributed by atoms with Gasteiger partial charge >= 0.3 is 0 Å². The Labute approximate surface area is 117 Å². The fraction of sp³-hybridized carbons (Fsp3) is 0.647. The number of nitrogens with one attached hydrogen (secondary N) is 1. The van der Waals surface area contributed by atoms with Gasteiger partial charge in [-0.3, -0.25) is 0 Å². The Bertz CT molecular complexity index is 387. The summed E-state index contributed by atoms with van der Waals surface area (Å²) in [7, 11) is 0. The van der Waals surface area contributed by atoms with Crippen molar-refractivity contribution in [2.45, 2.75) is 40.0 Å². The SMILES string of the molecule is CCNCC1(Cc2cc(C)cc(C)c2)CCOCC1. The first-order valence-electron chi connectivity index (χ1n) is 7.49. The van der Waals surface area contributed by atoms with Crippen molar-refractivity contribution in [1.82, 2.24) is 5.32 Å². The van der Waals surface area contributed by atoms with Crippen LogP contribution >= 0.6 is 0 Å². The lowest BCUT2D eigenvalue weighted by Gasteiger charge is -2.38. The van der Waals surface area contributed by atoms with Crippen LogP contribution in [0.25, 0.3) is 0 Å². The number of aryl methyl sites for hydroxylation is 2. The number of ether oxygens (including phenoxy) is 1. The lowest BCUT2D eigenvalue weighted by Crippen LogP contribution is -2.40. The second kappa shape index (κ2) is 6.53. The van der Waals surface area contributed by atoms with Crippen LogP contribution in [-0.4, -0.2) is 26.3 Å². The van der Waals surface area contributed by atoms with E-state index in [-0.39, 0.29) is 0 Å². The predicted octanol–water partition coefficient (Wildman–Crippen LogP) is 3.25. The molecule has 0 radical (unpaired) electrons. The number of hydrogen-bond acceptors (Lipinski definition) is 2. The molecule has 0 bridgehead atoms. The summed E-state index contributed by atoms with van der Waals surface area (Å²) in [6.45, 7) is 10.6. The summed E-state index contributed by atoms with van der Waals surface area (Å²) >= 11 is 0. The van der Waals surface area contributed by atoms with E-state index in [4.69, 9.17) is 4.74 Å². The molecular weight excluding hydrogens is 234 g/mol. The summed E-state index contributed by atoms with van der Waals surface area (Å²) in [5.41, 5.74) is 4.62. The highest BCUT2D eigenvalue weighted by atomic mass is 16.5. The molecular formula is C17H27NO. The summed E-state index contributed by atoms with van der Waals surface area (Å²) in [5, 5.41) is 3.55. The summed E-state index contributed by atoms with van der Waals surface area (Å²) in [4.78, 5) is 0. The largest absolute Gasteiger partial charge is 0.381 e. The second-order valence-electron chi connectivity index (χ2n) is 6.07. The Morgan fingerprint density at radius 1 is 1.11 bits per heavy atom. The van der Waals surface area contributed by atoms with Crippen LogP contribution in [0.3, 0.4) is 0 Å². The Morgan fingerprint density at radius 2 is 1.74 bits per heavy atom. The van der Waals surface area contributed by atoms with E-state index in [2.05, 4.69) is 44.3 Å². The minimum atomic E-state index is 0.383. The standard InChI is InChI=1S/C17H27NO/c1-4-18-13-17(5-7-19-8-6-17)12-16-10-14(2)9-15(3)11-16/h9-11,18H,4-8,12-13H2,1-3H3. The molecule has 1 aromatic carbocycles. The number of hydrogen-bond donors (Lipinski definition) is 1. The molecule has 0 spiro atoms. The van der Waals surface area contributed by atoms with E-state index in [0.717, 1.165) is 26.3 Å². The van der Waals surface area contributed by atoms with Crippen molar-refractivity contribution in [2.24, 2.45) is 5.41 Å². The molecule has 1 N–H and O–H groups in total. The van der Waals surface area contributed by atoms with Crippen molar-refractivity contribution < 1.29 is 4.74 Å². The molecule has 2 nitrogen and oxygen atoms in total. The highest BCUT2D eigenvalue weighted by molar-refractivity contribution is 5.29. The van der Waals surface area contributed by atoms with E-state index in [1.54, 1.807) is 0 Å². The average Bonchev–Trinajstić information content (AvgIpc) is 2.36. The first kappa shape index (κ1) is 14.5.